The van der Waals surface area contributed by atoms with Crippen LogP contribution < -0.4 is 0 Å². The van der Waals surface area contributed by atoms with Crippen molar-refractivity contribution >= 4 is 0 Å². The molecule has 0 saturated heterocycles. The molecule has 30 heavy (non-hydrogen) atoms. The number of benzene rings is 2. The predicted octanol–water partition coefficient (Wildman–Crippen LogP) is 8.06. The first-order chi connectivity index (χ1) is 14.4. The van der Waals surface area contributed by atoms with E-state index in [-0.39, 0.29) is 0 Å². The molecule has 0 bridgehead atoms. The molecule has 1 heterocycles. The van der Waals surface area contributed by atoms with E-state index in [2.05, 4.69) is 87.3 Å². The number of aromatic nitrogens is 1. The lowest BCUT2D eigenvalue weighted by atomic mass is 10.2. The van der Waals surface area contributed by atoms with E-state index >= 15 is 0 Å². The monoisotopic (exact) mass is 421 g/mol. The van der Waals surface area contributed by atoms with Crippen LogP contribution in [0, 0.1) is 41.5 Å². The molecule has 0 radical (unpaired) electrons. The van der Waals surface area contributed by atoms with Gasteiger partial charge in [0.15, 0.2) is 0 Å². The average Bonchev–Trinajstić information content (AvgIpc) is 2.79. The maximum atomic E-state index is 9.50. The third-order valence-corrected chi connectivity index (χ3v) is 3.50. The van der Waals surface area contributed by atoms with Crippen LogP contribution in [-0.2, 0) is 0 Å². The fraction of sp³-hybridized carbons (Fsp3) is 0.346. The van der Waals surface area contributed by atoms with Crippen molar-refractivity contribution in [2.45, 2.75) is 41.5 Å². The molecule has 0 spiro atoms. The summed E-state index contributed by atoms with van der Waals surface area (Å²) < 4.78 is 28.5. The number of hydrogen-bond acceptors (Lipinski definition) is 1. The van der Waals surface area contributed by atoms with Gasteiger partial charge in [0.1, 0.15) is 0 Å². The van der Waals surface area contributed by atoms with Crippen LogP contribution in [0.5, 0.6) is 0 Å². The number of aryl methyl sites for hydroxylation is 6. The van der Waals surface area contributed by atoms with Gasteiger partial charge in [-0.3, -0.25) is 18.2 Å². The molecule has 2 aromatic carbocycles. The zero-order valence-electron chi connectivity index (χ0n) is 19.9. The zero-order valence-corrected chi connectivity index (χ0v) is 19.9. The summed E-state index contributed by atoms with van der Waals surface area (Å²) in [5.74, 6) is 0. The first-order valence-corrected chi connectivity index (χ1v) is 9.46. The Hall–Kier alpha value is -2.62. The highest BCUT2D eigenvalue weighted by atomic mass is 19.1. The minimum atomic E-state index is 0.500. The standard InChI is InChI=1S/2C8H10.C7H9N.3CH3F/c2*1-7-3-5-8(2)6-4-7;1-6-3-4-7(2)8-5-6;3*1-2/h2*3-6H,1-2H3;3-5H,1-2H3;3*1H3. The first kappa shape index (κ1) is 32.1. The Balaban J connectivity index is -0.000000323. The molecule has 168 valence electrons. The van der Waals surface area contributed by atoms with E-state index < -0.39 is 0 Å². The summed E-state index contributed by atoms with van der Waals surface area (Å²) in [6, 6.07) is 21.0. The van der Waals surface area contributed by atoms with Gasteiger partial charge in [-0.1, -0.05) is 76.9 Å². The zero-order chi connectivity index (χ0) is 23.9. The Morgan fingerprint density at radius 3 is 0.800 bits per heavy atom. The van der Waals surface area contributed by atoms with E-state index in [9.17, 15) is 13.2 Å². The van der Waals surface area contributed by atoms with Gasteiger partial charge in [0.25, 0.3) is 0 Å². The van der Waals surface area contributed by atoms with Gasteiger partial charge < -0.3 is 0 Å². The van der Waals surface area contributed by atoms with Crippen molar-refractivity contribution in [3.63, 3.8) is 0 Å². The molecule has 0 atom stereocenters. The quantitative estimate of drug-likeness (QED) is 0.358. The lowest BCUT2D eigenvalue weighted by molar-refractivity contribution is 0.635. The van der Waals surface area contributed by atoms with Gasteiger partial charge in [-0.25, -0.2) is 0 Å². The number of pyridine rings is 1. The van der Waals surface area contributed by atoms with Crippen molar-refractivity contribution in [2.24, 2.45) is 0 Å². The minimum absolute atomic E-state index is 0.500. The molecule has 3 rings (SSSR count). The van der Waals surface area contributed by atoms with Crippen molar-refractivity contribution in [3.8, 4) is 0 Å². The van der Waals surface area contributed by atoms with E-state index in [1.807, 2.05) is 26.1 Å². The van der Waals surface area contributed by atoms with E-state index in [0.29, 0.717) is 21.5 Å². The van der Waals surface area contributed by atoms with Crippen LogP contribution in [0.1, 0.15) is 33.5 Å². The van der Waals surface area contributed by atoms with Crippen LogP contribution in [0.3, 0.4) is 0 Å². The molecule has 3 aromatic rings. The summed E-state index contributed by atoms with van der Waals surface area (Å²) in [7, 11) is 1.50. The number of halogens is 3. The molecule has 0 N–H and O–H groups in total. The summed E-state index contributed by atoms with van der Waals surface area (Å²) in [4.78, 5) is 4.08. The van der Waals surface area contributed by atoms with Gasteiger partial charge in [-0.2, -0.15) is 0 Å². The second kappa shape index (κ2) is 22.7. The summed E-state index contributed by atoms with van der Waals surface area (Å²) in [5.41, 5.74) is 7.61. The van der Waals surface area contributed by atoms with Crippen LogP contribution in [0.4, 0.5) is 13.2 Å². The Kier molecular flexibility index (Phi) is 24.2. The van der Waals surface area contributed by atoms with Gasteiger partial charge in [0.2, 0.25) is 0 Å². The van der Waals surface area contributed by atoms with Crippen LogP contribution >= 0.6 is 0 Å². The lowest BCUT2D eigenvalue weighted by Gasteiger charge is -1.90. The van der Waals surface area contributed by atoms with E-state index in [0.717, 1.165) is 5.69 Å². The Morgan fingerprint density at radius 1 is 0.400 bits per heavy atom. The number of rotatable bonds is 0. The van der Waals surface area contributed by atoms with Gasteiger partial charge in [0, 0.05) is 11.9 Å². The Bertz CT molecular complexity index is 540. The lowest BCUT2D eigenvalue weighted by Crippen LogP contribution is -1.78. The SMILES string of the molecule is CF.CF.CF.Cc1ccc(C)cc1.Cc1ccc(C)cc1.Cc1ccc(C)nc1. The third kappa shape index (κ3) is 20.1. The van der Waals surface area contributed by atoms with Gasteiger partial charge in [-0.15, -0.1) is 0 Å². The smallest absolute Gasteiger partial charge is 0.0785 e. The van der Waals surface area contributed by atoms with Crippen molar-refractivity contribution in [1.82, 2.24) is 4.98 Å². The molecule has 0 fully saturated rings. The summed E-state index contributed by atoms with van der Waals surface area (Å²) in [6.07, 6.45) is 1.87. The van der Waals surface area contributed by atoms with Crippen molar-refractivity contribution in [2.75, 3.05) is 21.5 Å². The molecule has 0 aliphatic rings. The second-order valence-corrected chi connectivity index (χ2v) is 6.29. The molecular weight excluding hydrogens is 383 g/mol. The highest BCUT2D eigenvalue weighted by Gasteiger charge is 1.82. The van der Waals surface area contributed by atoms with E-state index in [4.69, 9.17) is 0 Å². The number of hydrogen-bond donors (Lipinski definition) is 0. The molecule has 0 aliphatic carbocycles. The molecule has 0 unspecified atom stereocenters. The molecule has 1 aromatic heterocycles. The Labute approximate surface area is 182 Å². The molecule has 1 nitrogen and oxygen atoms in total. The summed E-state index contributed by atoms with van der Waals surface area (Å²) in [5, 5.41) is 0. The highest BCUT2D eigenvalue weighted by Crippen LogP contribution is 2.00. The Morgan fingerprint density at radius 2 is 0.633 bits per heavy atom. The van der Waals surface area contributed by atoms with Gasteiger partial charge in [0.05, 0.1) is 21.5 Å². The van der Waals surface area contributed by atoms with Crippen molar-refractivity contribution in [1.29, 1.82) is 0 Å². The van der Waals surface area contributed by atoms with Crippen molar-refractivity contribution < 1.29 is 13.2 Å². The third-order valence-electron chi connectivity index (χ3n) is 3.50. The topological polar surface area (TPSA) is 12.9 Å². The second-order valence-electron chi connectivity index (χ2n) is 6.29. The van der Waals surface area contributed by atoms with Crippen LogP contribution in [0.2, 0.25) is 0 Å². The summed E-state index contributed by atoms with van der Waals surface area (Å²) in [6.45, 7) is 12.4. The maximum Gasteiger partial charge on any atom is 0.0785 e. The highest BCUT2D eigenvalue weighted by molar-refractivity contribution is 5.20. The maximum absolute atomic E-state index is 9.50. The predicted molar refractivity (Wildman–Crippen MR) is 127 cm³/mol. The molecule has 0 saturated carbocycles. The molecule has 4 heteroatoms. The summed E-state index contributed by atoms with van der Waals surface area (Å²) >= 11 is 0. The number of nitrogens with zero attached hydrogens (tertiary/aromatic N) is 1. The van der Waals surface area contributed by atoms with Crippen LogP contribution in [-0.4, -0.2) is 26.5 Å². The minimum Gasteiger partial charge on any atom is -0.261 e. The van der Waals surface area contributed by atoms with Gasteiger partial charge >= 0.3 is 0 Å². The molecule has 0 aliphatic heterocycles. The molecular formula is C26H38F3N. The normalized spacial score (nSPS) is 8.00. The first-order valence-electron chi connectivity index (χ1n) is 9.46. The molecule has 0 amide bonds. The van der Waals surface area contributed by atoms with Crippen LogP contribution in [0.25, 0.3) is 0 Å². The van der Waals surface area contributed by atoms with Crippen LogP contribution in [0.15, 0.2) is 66.9 Å². The largest absolute Gasteiger partial charge is 0.261 e. The van der Waals surface area contributed by atoms with Gasteiger partial charge in [-0.05, 0) is 53.2 Å². The van der Waals surface area contributed by atoms with Crippen molar-refractivity contribution in [3.05, 3.63) is 100 Å². The average molecular weight is 422 g/mol. The fourth-order valence-corrected chi connectivity index (χ4v) is 1.82. The fourth-order valence-electron chi connectivity index (χ4n) is 1.82. The van der Waals surface area contributed by atoms with E-state index in [1.54, 1.807) is 0 Å². The number of alkyl halides is 3. The van der Waals surface area contributed by atoms with E-state index in [1.165, 1.54) is 27.8 Å².